The summed E-state index contributed by atoms with van der Waals surface area (Å²) in [7, 11) is 0. The number of hydrogen-bond donors (Lipinski definition) is 0. The number of carbonyl (C=O) groups excluding carboxylic acids is 3. The molecule has 0 heterocycles. The minimum absolute atomic E-state index is 0.0857. The molecule has 6 nitrogen and oxygen atoms in total. The molecule has 6 heteroatoms. The van der Waals surface area contributed by atoms with Crippen molar-refractivity contribution >= 4 is 17.9 Å². The van der Waals surface area contributed by atoms with Crippen molar-refractivity contribution in [3.63, 3.8) is 0 Å². The van der Waals surface area contributed by atoms with Crippen LogP contribution in [-0.4, -0.2) is 37.2 Å². The molecule has 0 N–H and O–H groups in total. The van der Waals surface area contributed by atoms with Gasteiger partial charge in [-0.3, -0.25) is 14.4 Å². The average Bonchev–Trinajstić information content (AvgIpc) is 3.45. The van der Waals surface area contributed by atoms with Gasteiger partial charge in [-0.2, -0.15) is 0 Å². The van der Waals surface area contributed by atoms with Crippen molar-refractivity contribution in [3.05, 3.63) is 97.2 Å². The first-order valence-electron chi connectivity index (χ1n) is 33.7. The van der Waals surface area contributed by atoms with E-state index in [1.807, 2.05) is 0 Å². The fraction of sp³-hybridized carbons (Fsp3) is 0.740. The van der Waals surface area contributed by atoms with Crippen LogP contribution in [0, 0.1) is 0 Å². The van der Waals surface area contributed by atoms with Gasteiger partial charge in [-0.1, -0.05) is 285 Å². The molecule has 0 aliphatic heterocycles. The number of hydrogen-bond acceptors (Lipinski definition) is 6. The van der Waals surface area contributed by atoms with Gasteiger partial charge in [0, 0.05) is 19.3 Å². The Labute approximate surface area is 489 Å². The maximum absolute atomic E-state index is 12.9. The first-order valence-corrected chi connectivity index (χ1v) is 33.7. The predicted molar refractivity (Wildman–Crippen MR) is 344 cm³/mol. The zero-order valence-corrected chi connectivity index (χ0v) is 52.1. The lowest BCUT2D eigenvalue weighted by molar-refractivity contribution is -0.167. The standard InChI is InChI=1S/C73H126O6/c1-4-7-10-13-16-19-22-25-28-31-34-36-39-42-45-48-51-54-57-60-63-66-72(75)78-69-70(68-77-71(74)65-62-59-56-53-50-47-44-41-38-33-30-27-24-21-18-15-12-9-6-3)79-73(76)67-64-61-58-55-52-49-46-43-40-37-35-32-29-26-23-20-17-14-11-8-5-2/h7,10,16,19,23,25-28,30,32,34-36,40,43,70H,4-6,8-9,11-15,17-18,20-22,24,29,31,33,37-39,41-42,44-69H2,1-3H3/b10-7-,19-16-,26-23-,28-25-,30-27-,35-32-,36-34-,43-40-. The molecule has 0 saturated carbocycles. The molecule has 0 aromatic rings. The molecule has 0 aromatic carbocycles. The fourth-order valence-electron chi connectivity index (χ4n) is 9.50. The molecule has 454 valence electrons. The molecule has 0 aliphatic rings. The maximum atomic E-state index is 12.9. The van der Waals surface area contributed by atoms with Gasteiger partial charge in [0.2, 0.25) is 0 Å². The summed E-state index contributed by atoms with van der Waals surface area (Å²) in [6.07, 6.45) is 89.8. The molecular weight excluding hydrogens is 973 g/mol. The van der Waals surface area contributed by atoms with E-state index in [1.54, 1.807) is 0 Å². The van der Waals surface area contributed by atoms with Crippen molar-refractivity contribution in [1.82, 2.24) is 0 Å². The Hall–Kier alpha value is -3.67. The molecule has 0 aliphatic carbocycles. The van der Waals surface area contributed by atoms with Crippen LogP contribution in [-0.2, 0) is 28.6 Å². The van der Waals surface area contributed by atoms with E-state index in [1.165, 1.54) is 173 Å². The monoisotopic (exact) mass is 1100 g/mol. The second kappa shape index (κ2) is 66.8. The summed E-state index contributed by atoms with van der Waals surface area (Å²) in [5.74, 6) is -0.895. The van der Waals surface area contributed by atoms with Crippen LogP contribution in [0.2, 0.25) is 0 Å². The lowest BCUT2D eigenvalue weighted by atomic mass is 10.1. The molecular formula is C73H126O6. The molecule has 0 bridgehead atoms. The van der Waals surface area contributed by atoms with Gasteiger partial charge in [0.25, 0.3) is 0 Å². The van der Waals surface area contributed by atoms with Crippen LogP contribution in [0.4, 0.5) is 0 Å². The SMILES string of the molecule is CC/C=C\C/C=C\C/C=C\C/C=C\CCCCCCCCCCC(=O)OCC(COC(=O)CCCCCCCCCCC/C=C\CCCCCCCC)OC(=O)CCCCCCCC/C=C\C/C=C\C/C=C\CCCCCCC. The van der Waals surface area contributed by atoms with Gasteiger partial charge in [-0.05, 0) is 122 Å². The van der Waals surface area contributed by atoms with Crippen molar-refractivity contribution in [1.29, 1.82) is 0 Å². The van der Waals surface area contributed by atoms with Crippen molar-refractivity contribution < 1.29 is 28.6 Å². The quantitative estimate of drug-likeness (QED) is 0.0261. The summed E-state index contributed by atoms with van der Waals surface area (Å²) in [5, 5.41) is 0. The van der Waals surface area contributed by atoms with Gasteiger partial charge in [0.1, 0.15) is 13.2 Å². The van der Waals surface area contributed by atoms with E-state index in [9.17, 15) is 14.4 Å². The van der Waals surface area contributed by atoms with Crippen LogP contribution in [0.5, 0.6) is 0 Å². The molecule has 0 spiro atoms. The largest absolute Gasteiger partial charge is 0.462 e. The van der Waals surface area contributed by atoms with E-state index in [-0.39, 0.29) is 31.1 Å². The molecule has 1 unspecified atom stereocenters. The van der Waals surface area contributed by atoms with Gasteiger partial charge in [-0.25, -0.2) is 0 Å². The Morgan fingerprint density at radius 1 is 0.266 bits per heavy atom. The van der Waals surface area contributed by atoms with E-state index >= 15 is 0 Å². The summed E-state index contributed by atoms with van der Waals surface area (Å²) in [6, 6.07) is 0. The second-order valence-electron chi connectivity index (χ2n) is 22.3. The molecule has 1 atom stereocenters. The third-order valence-corrected chi connectivity index (χ3v) is 14.5. The van der Waals surface area contributed by atoms with Gasteiger partial charge in [0.05, 0.1) is 0 Å². The van der Waals surface area contributed by atoms with Crippen molar-refractivity contribution in [2.75, 3.05) is 13.2 Å². The number of ether oxygens (including phenoxy) is 3. The molecule has 0 rings (SSSR count). The smallest absolute Gasteiger partial charge is 0.306 e. The summed E-state index contributed by atoms with van der Waals surface area (Å²) < 4.78 is 17.0. The number of unbranched alkanes of at least 4 members (excludes halogenated alkanes) is 34. The minimum Gasteiger partial charge on any atom is -0.462 e. The third kappa shape index (κ3) is 65.0. The Morgan fingerprint density at radius 2 is 0.494 bits per heavy atom. The Morgan fingerprint density at radius 3 is 0.785 bits per heavy atom. The van der Waals surface area contributed by atoms with Crippen molar-refractivity contribution in [3.8, 4) is 0 Å². The van der Waals surface area contributed by atoms with E-state index in [0.29, 0.717) is 19.3 Å². The normalized spacial score (nSPS) is 12.7. The highest BCUT2D eigenvalue weighted by atomic mass is 16.6. The third-order valence-electron chi connectivity index (χ3n) is 14.5. The van der Waals surface area contributed by atoms with Crippen molar-refractivity contribution in [2.24, 2.45) is 0 Å². The maximum Gasteiger partial charge on any atom is 0.306 e. The van der Waals surface area contributed by atoms with E-state index in [0.717, 1.165) is 116 Å². The number of carbonyl (C=O) groups is 3. The van der Waals surface area contributed by atoms with Crippen molar-refractivity contribution in [2.45, 2.75) is 335 Å². The summed E-state index contributed by atoms with van der Waals surface area (Å²) >= 11 is 0. The van der Waals surface area contributed by atoms with E-state index in [4.69, 9.17) is 14.2 Å². The van der Waals surface area contributed by atoms with Crippen LogP contribution in [0.1, 0.15) is 329 Å². The molecule has 0 radical (unpaired) electrons. The van der Waals surface area contributed by atoms with Crippen LogP contribution in [0.25, 0.3) is 0 Å². The summed E-state index contributed by atoms with van der Waals surface area (Å²) in [4.78, 5) is 38.4. The summed E-state index contributed by atoms with van der Waals surface area (Å²) in [5.41, 5.74) is 0. The Bertz CT molecular complexity index is 1540. The van der Waals surface area contributed by atoms with Gasteiger partial charge >= 0.3 is 17.9 Å². The second-order valence-corrected chi connectivity index (χ2v) is 22.3. The van der Waals surface area contributed by atoms with Crippen LogP contribution >= 0.6 is 0 Å². The van der Waals surface area contributed by atoms with Crippen LogP contribution < -0.4 is 0 Å². The summed E-state index contributed by atoms with van der Waals surface area (Å²) in [6.45, 7) is 6.53. The first kappa shape index (κ1) is 75.3. The zero-order valence-electron chi connectivity index (χ0n) is 52.1. The van der Waals surface area contributed by atoms with Gasteiger partial charge < -0.3 is 14.2 Å². The highest BCUT2D eigenvalue weighted by Gasteiger charge is 2.19. The van der Waals surface area contributed by atoms with E-state index in [2.05, 4.69) is 118 Å². The molecule has 0 aromatic heterocycles. The molecule has 79 heavy (non-hydrogen) atoms. The topological polar surface area (TPSA) is 78.9 Å². The molecule has 0 saturated heterocycles. The highest BCUT2D eigenvalue weighted by molar-refractivity contribution is 5.71. The molecule has 0 fully saturated rings. The number of rotatable bonds is 61. The lowest BCUT2D eigenvalue weighted by Gasteiger charge is -2.18. The molecule has 0 amide bonds. The Balaban J connectivity index is 4.43. The van der Waals surface area contributed by atoms with Gasteiger partial charge in [0.15, 0.2) is 6.10 Å². The minimum atomic E-state index is -0.792. The fourth-order valence-corrected chi connectivity index (χ4v) is 9.50. The van der Waals surface area contributed by atoms with Crippen LogP contribution in [0.3, 0.4) is 0 Å². The Kier molecular flexibility index (Phi) is 63.7. The zero-order chi connectivity index (χ0) is 57.1. The average molecular weight is 1100 g/mol. The predicted octanol–water partition coefficient (Wildman–Crippen LogP) is 23.2. The first-order chi connectivity index (χ1) is 39.0. The van der Waals surface area contributed by atoms with E-state index < -0.39 is 6.10 Å². The van der Waals surface area contributed by atoms with Gasteiger partial charge in [-0.15, -0.1) is 0 Å². The lowest BCUT2D eigenvalue weighted by Crippen LogP contribution is -2.30. The van der Waals surface area contributed by atoms with Crippen LogP contribution in [0.15, 0.2) is 97.2 Å². The number of allylic oxidation sites excluding steroid dienone is 16. The highest BCUT2D eigenvalue weighted by Crippen LogP contribution is 2.16. The number of esters is 3.